The van der Waals surface area contributed by atoms with E-state index in [0.717, 1.165) is 19.4 Å². The minimum Gasteiger partial charge on any atom is -0.315 e. The molecule has 0 spiro atoms. The van der Waals surface area contributed by atoms with Crippen LogP contribution in [0.15, 0.2) is 42.7 Å². The van der Waals surface area contributed by atoms with Crippen molar-refractivity contribution < 1.29 is 9.18 Å². The molecule has 3 aromatic heterocycles. The Hall–Kier alpha value is -3.70. The monoisotopic (exact) mass is 481 g/mol. The third-order valence-electron chi connectivity index (χ3n) is 5.82. The summed E-state index contributed by atoms with van der Waals surface area (Å²) in [6, 6.07) is 7.61. The molecule has 4 heterocycles. The zero-order valence-electron chi connectivity index (χ0n) is 18.2. The van der Waals surface area contributed by atoms with E-state index < -0.39 is 5.82 Å². The first kappa shape index (κ1) is 22.1. The van der Waals surface area contributed by atoms with Gasteiger partial charge in [-0.2, -0.15) is 10.3 Å². The Labute approximate surface area is 199 Å². The standard InChI is InChI=1S/C22H21ClFN9O/c1-32-19(20-28-30-31-29-20)16(12-27-32)15-7-6-13(10-18(15)24)22(34)33(14-4-2-8-25-11-14)21-17(23)5-3-9-26-21/h3,5-7,9-10,12,14,25H,2,4,8,11H2,1H3,(H,28,29,30,31)/t14-/m1/s1. The highest BCUT2D eigenvalue weighted by Gasteiger charge is 2.31. The maximum absolute atomic E-state index is 15.4. The number of nitrogens with zero attached hydrogens (tertiary/aromatic N) is 7. The van der Waals surface area contributed by atoms with E-state index in [4.69, 9.17) is 11.6 Å². The smallest absolute Gasteiger partial charge is 0.259 e. The Morgan fingerprint density at radius 2 is 2.18 bits per heavy atom. The number of carbonyl (C=O) groups is 1. The summed E-state index contributed by atoms with van der Waals surface area (Å²) in [4.78, 5) is 19.6. The second-order valence-corrected chi connectivity index (χ2v) is 8.35. The minimum absolute atomic E-state index is 0.153. The number of halogens is 2. The lowest BCUT2D eigenvalue weighted by Gasteiger charge is -2.34. The molecule has 2 N–H and O–H groups in total. The first-order valence-corrected chi connectivity index (χ1v) is 11.1. The molecule has 0 bridgehead atoms. The number of aromatic amines is 1. The van der Waals surface area contributed by atoms with Gasteiger partial charge in [0.15, 0.2) is 5.82 Å². The molecule has 0 unspecified atom stereocenters. The lowest BCUT2D eigenvalue weighted by atomic mass is 10.0. The number of aryl methyl sites for hydroxylation is 1. The average Bonchev–Trinajstić information content (AvgIpc) is 3.50. The molecule has 1 amide bonds. The third kappa shape index (κ3) is 4.03. The van der Waals surface area contributed by atoms with Gasteiger partial charge in [-0.05, 0) is 48.9 Å². The summed E-state index contributed by atoms with van der Waals surface area (Å²) in [5.41, 5.74) is 1.45. The highest BCUT2D eigenvalue weighted by Crippen LogP contribution is 2.33. The molecular formula is C22H21ClFN9O. The van der Waals surface area contributed by atoms with Gasteiger partial charge in [-0.1, -0.05) is 17.7 Å². The van der Waals surface area contributed by atoms with E-state index in [-0.39, 0.29) is 28.9 Å². The molecule has 0 radical (unpaired) electrons. The molecule has 4 aromatic rings. The second-order valence-electron chi connectivity index (χ2n) is 7.94. The number of hydrogen-bond acceptors (Lipinski definition) is 7. The fraction of sp³-hybridized carbons (Fsp3) is 0.273. The number of rotatable bonds is 5. The van der Waals surface area contributed by atoms with Crippen LogP contribution in [0.3, 0.4) is 0 Å². The lowest BCUT2D eigenvalue weighted by molar-refractivity contribution is 0.0971. The Morgan fingerprint density at radius 3 is 2.88 bits per heavy atom. The molecule has 1 fully saturated rings. The summed E-state index contributed by atoms with van der Waals surface area (Å²) in [6.07, 6.45) is 4.81. The van der Waals surface area contributed by atoms with Crippen molar-refractivity contribution in [3.05, 3.63) is 59.1 Å². The largest absolute Gasteiger partial charge is 0.315 e. The number of nitrogens with one attached hydrogen (secondary N) is 2. The zero-order chi connectivity index (χ0) is 23.7. The van der Waals surface area contributed by atoms with E-state index in [9.17, 15) is 4.79 Å². The van der Waals surface area contributed by atoms with E-state index in [0.29, 0.717) is 28.6 Å². The summed E-state index contributed by atoms with van der Waals surface area (Å²) >= 11 is 6.40. The molecule has 12 heteroatoms. The van der Waals surface area contributed by atoms with Crippen molar-refractivity contribution in [1.29, 1.82) is 0 Å². The number of H-pyrrole nitrogens is 1. The topological polar surface area (TPSA) is 118 Å². The number of carbonyl (C=O) groups excluding carboxylic acids is 1. The van der Waals surface area contributed by atoms with Crippen LogP contribution in [0.1, 0.15) is 23.2 Å². The summed E-state index contributed by atoms with van der Waals surface area (Å²) < 4.78 is 16.9. The third-order valence-corrected chi connectivity index (χ3v) is 6.12. The molecule has 1 aliphatic heterocycles. The fourth-order valence-corrected chi connectivity index (χ4v) is 4.42. The molecule has 1 atom stereocenters. The van der Waals surface area contributed by atoms with Gasteiger partial charge in [-0.3, -0.25) is 14.4 Å². The molecule has 5 rings (SSSR count). The van der Waals surface area contributed by atoms with Crippen molar-refractivity contribution in [2.24, 2.45) is 7.05 Å². The Bertz CT molecular complexity index is 1320. The normalized spacial score (nSPS) is 15.9. The number of benzene rings is 1. The van der Waals surface area contributed by atoms with Gasteiger partial charge in [0.2, 0.25) is 5.82 Å². The highest BCUT2D eigenvalue weighted by molar-refractivity contribution is 6.33. The first-order chi connectivity index (χ1) is 16.5. The molecule has 34 heavy (non-hydrogen) atoms. The van der Waals surface area contributed by atoms with Crippen molar-refractivity contribution in [1.82, 2.24) is 40.7 Å². The van der Waals surface area contributed by atoms with Gasteiger partial charge in [0.1, 0.15) is 11.5 Å². The Morgan fingerprint density at radius 1 is 1.29 bits per heavy atom. The maximum atomic E-state index is 15.4. The highest BCUT2D eigenvalue weighted by atomic mass is 35.5. The van der Waals surface area contributed by atoms with Crippen LogP contribution in [-0.4, -0.2) is 60.4 Å². The quantitative estimate of drug-likeness (QED) is 0.450. The molecule has 10 nitrogen and oxygen atoms in total. The maximum Gasteiger partial charge on any atom is 0.259 e. The number of amides is 1. The molecule has 0 aliphatic carbocycles. The number of tetrazole rings is 1. The van der Waals surface area contributed by atoms with E-state index in [1.54, 1.807) is 47.1 Å². The van der Waals surface area contributed by atoms with E-state index in [2.05, 4.69) is 36.0 Å². The van der Waals surface area contributed by atoms with Gasteiger partial charge >= 0.3 is 0 Å². The van der Waals surface area contributed by atoms with Crippen LogP contribution in [0.2, 0.25) is 5.02 Å². The molecule has 1 aliphatic rings. The Kier molecular flexibility index (Phi) is 6.03. The molecule has 0 saturated carbocycles. The fourth-order valence-electron chi connectivity index (χ4n) is 4.21. The molecule has 174 valence electrons. The van der Waals surface area contributed by atoms with Crippen molar-refractivity contribution in [2.45, 2.75) is 18.9 Å². The summed E-state index contributed by atoms with van der Waals surface area (Å²) in [5.74, 6) is -0.295. The van der Waals surface area contributed by atoms with Crippen molar-refractivity contribution in [2.75, 3.05) is 18.0 Å². The van der Waals surface area contributed by atoms with Crippen molar-refractivity contribution >= 4 is 23.3 Å². The number of pyridine rings is 1. The SMILES string of the molecule is Cn1ncc(-c2ccc(C(=O)N(c3ncccc3Cl)[C@@H]3CCCNC3)cc2F)c1-c1nn[nH]n1. The van der Waals surface area contributed by atoms with Gasteiger partial charge in [0, 0.05) is 36.5 Å². The Balaban J connectivity index is 1.52. The van der Waals surface area contributed by atoms with E-state index >= 15 is 4.39 Å². The number of anilines is 1. The van der Waals surface area contributed by atoms with E-state index in [1.165, 1.54) is 12.3 Å². The number of piperidine rings is 1. The summed E-state index contributed by atoms with van der Waals surface area (Å²) in [7, 11) is 1.71. The number of hydrogen-bond donors (Lipinski definition) is 2. The zero-order valence-corrected chi connectivity index (χ0v) is 19.0. The van der Waals surface area contributed by atoms with E-state index in [1.807, 2.05) is 0 Å². The molecule has 1 saturated heterocycles. The van der Waals surface area contributed by atoms with Gasteiger partial charge in [0.05, 0.1) is 17.3 Å². The van der Waals surface area contributed by atoms with Crippen LogP contribution in [0.5, 0.6) is 0 Å². The first-order valence-electron chi connectivity index (χ1n) is 10.7. The van der Waals surface area contributed by atoms with Crippen LogP contribution in [0.25, 0.3) is 22.6 Å². The van der Waals surface area contributed by atoms with Gasteiger partial charge < -0.3 is 5.32 Å². The van der Waals surface area contributed by atoms with Gasteiger partial charge in [0.25, 0.3) is 5.91 Å². The minimum atomic E-state index is -0.572. The summed E-state index contributed by atoms with van der Waals surface area (Å²) in [5, 5.41) is 21.8. The van der Waals surface area contributed by atoms with Crippen LogP contribution in [-0.2, 0) is 7.05 Å². The van der Waals surface area contributed by atoms with Gasteiger partial charge in [-0.25, -0.2) is 9.37 Å². The van der Waals surface area contributed by atoms with Crippen LogP contribution >= 0.6 is 11.6 Å². The van der Waals surface area contributed by atoms with Crippen LogP contribution in [0, 0.1) is 5.82 Å². The van der Waals surface area contributed by atoms with Crippen LogP contribution in [0.4, 0.5) is 10.2 Å². The predicted molar refractivity (Wildman–Crippen MR) is 124 cm³/mol. The summed E-state index contributed by atoms with van der Waals surface area (Å²) in [6.45, 7) is 1.48. The lowest BCUT2D eigenvalue weighted by Crippen LogP contribution is -2.49. The van der Waals surface area contributed by atoms with Gasteiger partial charge in [-0.15, -0.1) is 10.2 Å². The molecular weight excluding hydrogens is 461 g/mol. The average molecular weight is 482 g/mol. The van der Waals surface area contributed by atoms with Crippen LogP contribution < -0.4 is 10.2 Å². The number of aromatic nitrogens is 7. The van der Waals surface area contributed by atoms with Crippen molar-refractivity contribution in [3.8, 4) is 22.6 Å². The predicted octanol–water partition coefficient (Wildman–Crippen LogP) is 2.85. The molecule has 1 aromatic carbocycles. The second kappa shape index (κ2) is 9.27. The van der Waals surface area contributed by atoms with Crippen molar-refractivity contribution in [3.63, 3.8) is 0 Å².